The maximum Gasteiger partial charge on any atom is 0.166 e. The van der Waals surface area contributed by atoms with Crippen LogP contribution >= 0.6 is 0 Å². The quantitative estimate of drug-likeness (QED) is 0.676. The minimum absolute atomic E-state index is 0.662. The molecule has 0 saturated carbocycles. The second-order valence-corrected chi connectivity index (χ2v) is 3.58. The van der Waals surface area contributed by atoms with Gasteiger partial charge in [0.1, 0.15) is 0 Å². The van der Waals surface area contributed by atoms with Gasteiger partial charge in [0.2, 0.25) is 0 Å². The molecule has 76 valence electrons. The van der Waals surface area contributed by atoms with Gasteiger partial charge in [0.15, 0.2) is 6.29 Å². The summed E-state index contributed by atoms with van der Waals surface area (Å²) in [5, 5.41) is 3.31. The van der Waals surface area contributed by atoms with Gasteiger partial charge in [-0.1, -0.05) is 0 Å². The van der Waals surface area contributed by atoms with Crippen molar-refractivity contribution in [2.45, 2.75) is 6.54 Å². The van der Waals surface area contributed by atoms with Crippen molar-refractivity contribution in [3.05, 3.63) is 23.5 Å². The molecule has 2 rings (SSSR count). The van der Waals surface area contributed by atoms with Crippen LogP contribution in [0.3, 0.4) is 0 Å². The zero-order chi connectivity index (χ0) is 9.80. The molecule has 4 nitrogen and oxygen atoms in total. The molecule has 0 spiro atoms. The molecule has 1 aromatic rings. The van der Waals surface area contributed by atoms with Gasteiger partial charge in [-0.15, -0.1) is 0 Å². The molecule has 0 amide bonds. The van der Waals surface area contributed by atoms with Gasteiger partial charge in [-0.05, 0) is 12.1 Å². The molecule has 14 heavy (non-hydrogen) atoms. The Morgan fingerprint density at radius 3 is 2.79 bits per heavy atom. The Kier molecular flexibility index (Phi) is 2.96. The molecule has 1 aliphatic heterocycles. The topological polar surface area (TPSA) is 48.1 Å². The predicted molar refractivity (Wildman–Crippen MR) is 54.3 cm³/mol. The van der Waals surface area contributed by atoms with E-state index >= 15 is 0 Å². The summed E-state index contributed by atoms with van der Waals surface area (Å²) in [5.41, 5.74) is 1.78. The highest BCUT2D eigenvalue weighted by Gasteiger charge is 2.10. The van der Waals surface area contributed by atoms with E-state index in [2.05, 4.69) is 15.2 Å². The Balaban J connectivity index is 1.92. The van der Waals surface area contributed by atoms with Crippen LogP contribution in [0, 0.1) is 0 Å². The van der Waals surface area contributed by atoms with Crippen molar-refractivity contribution in [2.24, 2.45) is 0 Å². The number of hydrogen-bond acceptors (Lipinski definition) is 3. The SMILES string of the molecule is O=Cc1ccc(CN2CCNCC2)[nH]1. The fourth-order valence-corrected chi connectivity index (χ4v) is 1.73. The van der Waals surface area contributed by atoms with Gasteiger partial charge in [0.05, 0.1) is 5.69 Å². The lowest BCUT2D eigenvalue weighted by Gasteiger charge is -2.26. The van der Waals surface area contributed by atoms with E-state index in [0.717, 1.165) is 44.7 Å². The van der Waals surface area contributed by atoms with Crippen molar-refractivity contribution in [1.82, 2.24) is 15.2 Å². The van der Waals surface area contributed by atoms with E-state index in [1.807, 2.05) is 12.1 Å². The molecule has 2 heterocycles. The van der Waals surface area contributed by atoms with Crippen molar-refractivity contribution in [1.29, 1.82) is 0 Å². The molecule has 1 saturated heterocycles. The summed E-state index contributed by atoms with van der Waals surface area (Å²) in [6.07, 6.45) is 0.848. The highest BCUT2D eigenvalue weighted by Crippen LogP contribution is 2.04. The maximum atomic E-state index is 10.5. The van der Waals surface area contributed by atoms with E-state index in [0.29, 0.717) is 5.69 Å². The van der Waals surface area contributed by atoms with Crippen LogP contribution in [0.2, 0.25) is 0 Å². The number of aldehydes is 1. The summed E-state index contributed by atoms with van der Waals surface area (Å²) >= 11 is 0. The number of carbonyl (C=O) groups excluding carboxylic acids is 1. The Labute approximate surface area is 83.3 Å². The normalized spacial score (nSPS) is 18.3. The van der Waals surface area contributed by atoms with Gasteiger partial charge < -0.3 is 10.3 Å². The summed E-state index contributed by atoms with van der Waals surface area (Å²) in [6.45, 7) is 5.18. The van der Waals surface area contributed by atoms with Crippen molar-refractivity contribution in [3.8, 4) is 0 Å². The monoisotopic (exact) mass is 193 g/mol. The van der Waals surface area contributed by atoms with Crippen LogP contribution in [0.5, 0.6) is 0 Å². The molecule has 0 atom stereocenters. The fraction of sp³-hybridized carbons (Fsp3) is 0.500. The molecular formula is C10H15N3O. The van der Waals surface area contributed by atoms with Crippen LogP contribution in [-0.2, 0) is 6.54 Å². The first kappa shape index (κ1) is 9.43. The van der Waals surface area contributed by atoms with E-state index in [1.165, 1.54) is 0 Å². The second-order valence-electron chi connectivity index (χ2n) is 3.58. The average Bonchev–Trinajstić information content (AvgIpc) is 2.67. The molecule has 0 aliphatic carbocycles. The van der Waals surface area contributed by atoms with Crippen LogP contribution in [0.25, 0.3) is 0 Å². The van der Waals surface area contributed by atoms with E-state index < -0.39 is 0 Å². The number of hydrogen-bond donors (Lipinski definition) is 2. The molecule has 1 aromatic heterocycles. The highest BCUT2D eigenvalue weighted by molar-refractivity contribution is 5.71. The number of carbonyl (C=O) groups is 1. The Morgan fingerprint density at radius 1 is 1.36 bits per heavy atom. The van der Waals surface area contributed by atoms with E-state index in [9.17, 15) is 4.79 Å². The van der Waals surface area contributed by atoms with Gasteiger partial charge in [0, 0.05) is 38.4 Å². The van der Waals surface area contributed by atoms with E-state index in [-0.39, 0.29) is 0 Å². The second kappa shape index (κ2) is 4.39. The lowest BCUT2D eigenvalue weighted by atomic mass is 10.3. The molecule has 4 heteroatoms. The van der Waals surface area contributed by atoms with Gasteiger partial charge >= 0.3 is 0 Å². The van der Waals surface area contributed by atoms with Crippen LogP contribution in [0.1, 0.15) is 16.2 Å². The summed E-state index contributed by atoms with van der Waals surface area (Å²) in [6, 6.07) is 3.80. The first-order chi connectivity index (χ1) is 6.88. The predicted octanol–water partition coefficient (Wildman–Crippen LogP) is 0.232. The smallest absolute Gasteiger partial charge is 0.166 e. The molecule has 2 N–H and O–H groups in total. The number of aromatic amines is 1. The lowest BCUT2D eigenvalue weighted by Crippen LogP contribution is -2.42. The largest absolute Gasteiger partial charge is 0.355 e. The summed E-state index contributed by atoms with van der Waals surface area (Å²) in [7, 11) is 0. The van der Waals surface area contributed by atoms with Crippen molar-refractivity contribution in [2.75, 3.05) is 26.2 Å². The Bertz CT molecular complexity index is 302. The molecular weight excluding hydrogens is 178 g/mol. The standard InChI is InChI=1S/C10H15N3O/c14-8-10-2-1-9(12-10)7-13-5-3-11-4-6-13/h1-2,8,11-12H,3-7H2. The molecule has 0 bridgehead atoms. The summed E-state index contributed by atoms with van der Waals surface area (Å²) in [4.78, 5) is 15.9. The Hall–Kier alpha value is -1.13. The van der Waals surface area contributed by atoms with Gasteiger partial charge in [-0.3, -0.25) is 9.69 Å². The molecule has 0 aromatic carbocycles. The van der Waals surface area contributed by atoms with Gasteiger partial charge in [0.25, 0.3) is 0 Å². The van der Waals surface area contributed by atoms with E-state index in [4.69, 9.17) is 0 Å². The molecule has 1 aliphatic rings. The third-order valence-corrected chi connectivity index (χ3v) is 2.50. The fourth-order valence-electron chi connectivity index (χ4n) is 1.73. The number of aromatic nitrogens is 1. The number of piperazine rings is 1. The molecule has 1 fully saturated rings. The first-order valence-corrected chi connectivity index (χ1v) is 4.94. The third-order valence-electron chi connectivity index (χ3n) is 2.50. The Morgan fingerprint density at radius 2 is 2.14 bits per heavy atom. The lowest BCUT2D eigenvalue weighted by molar-refractivity contribution is 0.111. The van der Waals surface area contributed by atoms with Gasteiger partial charge in [-0.2, -0.15) is 0 Å². The zero-order valence-corrected chi connectivity index (χ0v) is 8.12. The van der Waals surface area contributed by atoms with Crippen LogP contribution < -0.4 is 5.32 Å². The third kappa shape index (κ3) is 2.21. The number of H-pyrrole nitrogens is 1. The zero-order valence-electron chi connectivity index (χ0n) is 8.12. The van der Waals surface area contributed by atoms with Crippen molar-refractivity contribution >= 4 is 6.29 Å². The van der Waals surface area contributed by atoms with Gasteiger partial charge in [-0.25, -0.2) is 0 Å². The van der Waals surface area contributed by atoms with Crippen LogP contribution in [0.15, 0.2) is 12.1 Å². The van der Waals surface area contributed by atoms with Crippen molar-refractivity contribution in [3.63, 3.8) is 0 Å². The minimum Gasteiger partial charge on any atom is -0.355 e. The summed E-state index contributed by atoms with van der Waals surface area (Å²) in [5.74, 6) is 0. The maximum absolute atomic E-state index is 10.5. The van der Waals surface area contributed by atoms with Crippen molar-refractivity contribution < 1.29 is 4.79 Å². The number of rotatable bonds is 3. The first-order valence-electron chi connectivity index (χ1n) is 4.94. The minimum atomic E-state index is 0.662. The molecule has 0 unspecified atom stereocenters. The highest BCUT2D eigenvalue weighted by atomic mass is 16.1. The van der Waals surface area contributed by atoms with Crippen LogP contribution in [0.4, 0.5) is 0 Å². The molecule has 0 radical (unpaired) electrons. The summed E-state index contributed by atoms with van der Waals surface area (Å²) < 4.78 is 0. The van der Waals surface area contributed by atoms with E-state index in [1.54, 1.807) is 0 Å². The number of nitrogens with zero attached hydrogens (tertiary/aromatic N) is 1. The average molecular weight is 193 g/mol. The number of nitrogens with one attached hydrogen (secondary N) is 2. The van der Waals surface area contributed by atoms with Crippen LogP contribution in [-0.4, -0.2) is 42.3 Å².